The standard InChI is InChI=1S/C38H58N6O6S.2C2H6/c1-5-20-40-35(47)33(45)28(22-25-13-11-14-25)41-34(46)29-18-12-21-44(29)36(48)32(26-15-7-6-8-16-26)43-37(49)42-31(38(2,3)4)24-39-23-27-17-9-10-19-30(27)51-50;2*1-2/h5,9-10,17,19,25-26,28-29,31-32,39,50H,1,6-8,11-16,18,20-24H2,2-4H3,(H,40,47)(H,41,46)(H2,42,43,49);2*1-2H3. The Morgan fingerprint density at radius 1 is 0.909 bits per heavy atom. The number of hydrogen-bond acceptors (Lipinski definition) is 8. The van der Waals surface area contributed by atoms with Crippen LogP contribution in [0.15, 0.2) is 41.8 Å². The monoisotopic (exact) mass is 787 g/mol. The number of carbonyl (C=O) groups excluding carboxylic acids is 5. The molecule has 1 heterocycles. The van der Waals surface area contributed by atoms with Crippen molar-refractivity contribution in [1.29, 1.82) is 0 Å². The van der Waals surface area contributed by atoms with Crippen molar-refractivity contribution in [2.75, 3.05) is 19.6 Å². The third-order valence-corrected chi connectivity index (χ3v) is 11.3. The highest BCUT2D eigenvalue weighted by Gasteiger charge is 2.42. The van der Waals surface area contributed by atoms with Gasteiger partial charge < -0.3 is 36.0 Å². The van der Waals surface area contributed by atoms with Crippen molar-refractivity contribution in [2.24, 2.45) is 17.3 Å². The number of nitrogens with one attached hydrogen (secondary N) is 5. The second-order valence-corrected chi connectivity index (χ2v) is 16.0. The zero-order valence-corrected chi connectivity index (χ0v) is 35.3. The van der Waals surface area contributed by atoms with Gasteiger partial charge in [-0.05, 0) is 61.0 Å². The third kappa shape index (κ3) is 14.9. The van der Waals surface area contributed by atoms with Gasteiger partial charge in [0.1, 0.15) is 12.1 Å². The zero-order chi connectivity index (χ0) is 41.0. The number of likely N-dealkylation sites (tertiary alicyclic amines) is 1. The summed E-state index contributed by atoms with van der Waals surface area (Å²) in [5.74, 6) is -1.99. The minimum absolute atomic E-state index is 0.0681. The normalized spacial score (nSPS) is 18.8. The average Bonchev–Trinajstić information content (AvgIpc) is 3.68. The van der Waals surface area contributed by atoms with Gasteiger partial charge in [-0.1, -0.05) is 111 Å². The van der Waals surface area contributed by atoms with Crippen LogP contribution >= 0.6 is 12.0 Å². The van der Waals surface area contributed by atoms with Crippen LogP contribution in [-0.4, -0.2) is 82.8 Å². The Balaban J connectivity index is 0.00000253. The van der Waals surface area contributed by atoms with E-state index in [0.717, 1.165) is 61.8 Å². The Hall–Kier alpha value is -3.42. The number of rotatable bonds is 17. The number of nitrogens with zero attached hydrogens (tertiary/aromatic N) is 1. The molecule has 3 fully saturated rings. The molecule has 0 spiro atoms. The lowest BCUT2D eigenvalue weighted by Gasteiger charge is -2.36. The van der Waals surface area contributed by atoms with Crippen LogP contribution in [0.3, 0.4) is 0 Å². The molecule has 2 aliphatic carbocycles. The molecule has 0 bridgehead atoms. The molecule has 3 aliphatic rings. The van der Waals surface area contributed by atoms with Crippen LogP contribution in [0.2, 0.25) is 0 Å². The van der Waals surface area contributed by atoms with E-state index in [1.54, 1.807) is 4.90 Å². The minimum Gasteiger partial charge on any atom is -0.346 e. The van der Waals surface area contributed by atoms with Crippen molar-refractivity contribution in [3.8, 4) is 0 Å². The fourth-order valence-electron chi connectivity index (χ4n) is 7.31. The first-order valence-corrected chi connectivity index (χ1v) is 21.4. The van der Waals surface area contributed by atoms with Gasteiger partial charge in [0.2, 0.25) is 17.6 Å². The molecule has 1 saturated heterocycles. The summed E-state index contributed by atoms with van der Waals surface area (Å²) < 4.78 is 9.63. The predicted octanol–water partition coefficient (Wildman–Crippen LogP) is 6.59. The second kappa shape index (κ2) is 25.0. The molecule has 5 amide bonds. The summed E-state index contributed by atoms with van der Waals surface area (Å²) in [6, 6.07) is 4.27. The molecule has 12 nitrogen and oxygen atoms in total. The van der Waals surface area contributed by atoms with Gasteiger partial charge in [-0.15, -0.1) is 6.58 Å². The van der Waals surface area contributed by atoms with Gasteiger partial charge in [-0.2, -0.15) is 0 Å². The zero-order valence-electron chi connectivity index (χ0n) is 34.5. The maximum absolute atomic E-state index is 14.4. The number of ketones is 1. The van der Waals surface area contributed by atoms with E-state index in [0.29, 0.717) is 50.9 Å². The van der Waals surface area contributed by atoms with E-state index in [2.05, 4.69) is 33.2 Å². The summed E-state index contributed by atoms with van der Waals surface area (Å²) in [6.45, 7) is 19.2. The van der Waals surface area contributed by atoms with Crippen LogP contribution in [0.4, 0.5) is 4.79 Å². The van der Waals surface area contributed by atoms with E-state index in [4.69, 9.17) is 0 Å². The molecule has 55 heavy (non-hydrogen) atoms. The third-order valence-electron chi connectivity index (χ3n) is 10.7. The van der Waals surface area contributed by atoms with Gasteiger partial charge in [-0.25, -0.2) is 4.79 Å². The molecule has 4 atom stereocenters. The molecule has 310 valence electrons. The number of hydrogen-bond donors (Lipinski definition) is 6. The number of urea groups is 1. The number of benzene rings is 1. The number of amides is 5. The summed E-state index contributed by atoms with van der Waals surface area (Å²) in [4.78, 5) is 69.9. The van der Waals surface area contributed by atoms with E-state index in [1.807, 2.05) is 72.7 Å². The van der Waals surface area contributed by atoms with E-state index in [-0.39, 0.29) is 35.7 Å². The van der Waals surface area contributed by atoms with Crippen LogP contribution in [-0.2, 0) is 25.7 Å². The summed E-state index contributed by atoms with van der Waals surface area (Å²) >= 11 is 0.704. The fourth-order valence-corrected chi connectivity index (χ4v) is 7.70. The first-order chi connectivity index (χ1) is 26.4. The highest BCUT2D eigenvalue weighted by Crippen LogP contribution is 2.32. The molecule has 1 aromatic rings. The van der Waals surface area contributed by atoms with E-state index in [1.165, 1.54) is 6.08 Å². The molecule has 6 N–H and O–H groups in total. The Kier molecular flexibility index (Phi) is 21.7. The second-order valence-electron chi connectivity index (χ2n) is 15.4. The molecule has 4 rings (SSSR count). The van der Waals surface area contributed by atoms with Crippen LogP contribution in [0.25, 0.3) is 0 Å². The Morgan fingerprint density at radius 2 is 1.58 bits per heavy atom. The van der Waals surface area contributed by atoms with Crippen molar-refractivity contribution < 1.29 is 28.5 Å². The van der Waals surface area contributed by atoms with Gasteiger partial charge in [0.25, 0.3) is 5.91 Å². The van der Waals surface area contributed by atoms with Gasteiger partial charge in [0.05, 0.1) is 6.04 Å². The summed E-state index contributed by atoms with van der Waals surface area (Å²) in [7, 11) is 0. The van der Waals surface area contributed by atoms with E-state index < -0.39 is 41.8 Å². The molecule has 0 radical (unpaired) electrons. The highest BCUT2D eigenvalue weighted by atomic mass is 32.2. The largest absolute Gasteiger partial charge is 0.346 e. The van der Waals surface area contributed by atoms with Gasteiger partial charge in [0, 0.05) is 49.2 Å². The Bertz CT molecular complexity index is 1380. The minimum atomic E-state index is -0.970. The van der Waals surface area contributed by atoms with Crippen LogP contribution < -0.4 is 26.6 Å². The summed E-state index contributed by atoms with van der Waals surface area (Å²) in [5, 5.41) is 14.9. The molecule has 13 heteroatoms. The Morgan fingerprint density at radius 3 is 2.18 bits per heavy atom. The maximum Gasteiger partial charge on any atom is 0.315 e. The topological polar surface area (TPSA) is 169 Å². The van der Waals surface area contributed by atoms with Gasteiger partial charge in [0.15, 0.2) is 0 Å². The van der Waals surface area contributed by atoms with E-state index >= 15 is 0 Å². The lowest BCUT2D eigenvalue weighted by atomic mass is 9.80. The molecular formula is C42H70N6O6S. The summed E-state index contributed by atoms with van der Waals surface area (Å²) in [5.41, 5.74) is 0.637. The van der Waals surface area contributed by atoms with Crippen molar-refractivity contribution in [3.05, 3.63) is 42.5 Å². The summed E-state index contributed by atoms with van der Waals surface area (Å²) in [6.07, 6.45) is 10.5. The SMILES string of the molecule is C=CCNC(=O)C(=O)C(CC1CCC1)NC(=O)C1CCCN1C(=O)C(NC(=O)NC(CNCc1ccccc1SO)C(C)(C)C)C1CCCCC1.CC.CC. The Labute approximate surface area is 334 Å². The van der Waals surface area contributed by atoms with Crippen molar-refractivity contribution in [3.63, 3.8) is 0 Å². The molecule has 2 saturated carbocycles. The average molecular weight is 787 g/mol. The van der Waals surface area contributed by atoms with Crippen LogP contribution in [0.5, 0.6) is 0 Å². The van der Waals surface area contributed by atoms with Crippen molar-refractivity contribution in [2.45, 2.75) is 155 Å². The molecule has 0 aromatic heterocycles. The van der Waals surface area contributed by atoms with Crippen LogP contribution in [0.1, 0.15) is 125 Å². The highest BCUT2D eigenvalue weighted by molar-refractivity contribution is 7.93. The van der Waals surface area contributed by atoms with Crippen molar-refractivity contribution >= 4 is 41.6 Å². The molecule has 1 aliphatic heterocycles. The smallest absolute Gasteiger partial charge is 0.315 e. The first-order valence-electron chi connectivity index (χ1n) is 20.6. The van der Waals surface area contributed by atoms with Gasteiger partial charge >= 0.3 is 6.03 Å². The molecule has 1 aromatic carbocycles. The predicted molar refractivity (Wildman–Crippen MR) is 221 cm³/mol. The van der Waals surface area contributed by atoms with Crippen molar-refractivity contribution in [1.82, 2.24) is 31.5 Å². The molecule has 4 unspecified atom stereocenters. The fraction of sp³-hybridized carbons (Fsp3) is 0.690. The lowest BCUT2D eigenvalue weighted by Crippen LogP contribution is -2.60. The maximum atomic E-state index is 14.4. The van der Waals surface area contributed by atoms with Gasteiger partial charge in [-0.3, -0.25) is 19.2 Å². The number of Topliss-reactive ketones (excluding diaryl/α,β-unsaturated/α-hetero) is 1. The quantitative estimate of drug-likeness (QED) is 0.0584. The number of carbonyl (C=O) groups is 5. The van der Waals surface area contributed by atoms with Crippen LogP contribution in [0, 0.1) is 17.3 Å². The van der Waals surface area contributed by atoms with E-state index in [9.17, 15) is 28.5 Å². The lowest BCUT2D eigenvalue weighted by molar-refractivity contribution is -0.143. The molecular weight excluding hydrogens is 717 g/mol. The first kappa shape index (κ1) is 47.7.